The van der Waals surface area contributed by atoms with Crippen molar-refractivity contribution in [3.05, 3.63) is 0 Å². The molecule has 0 saturated carbocycles. The summed E-state index contributed by atoms with van der Waals surface area (Å²) in [4.78, 5) is 0. The molecular weight excluding hydrogens is 304 g/mol. The van der Waals surface area contributed by atoms with Gasteiger partial charge in [-0.05, 0) is 25.7 Å². The Hall–Kier alpha value is 0.554. The first-order chi connectivity index (χ1) is 9.59. The molecule has 0 spiro atoms. The molecule has 0 aliphatic heterocycles. The van der Waals surface area contributed by atoms with Gasteiger partial charge < -0.3 is 20.4 Å². The number of aliphatic hydroxyl groups is 4. The van der Waals surface area contributed by atoms with Crippen LogP contribution in [0.3, 0.4) is 0 Å². The van der Waals surface area contributed by atoms with Gasteiger partial charge in [-0.2, -0.15) is 0 Å². The van der Waals surface area contributed by atoms with Gasteiger partial charge in [-0.1, -0.05) is 47.0 Å². The maximum absolute atomic E-state index is 9.35. The molecule has 0 amide bonds. The Morgan fingerprint density at radius 1 is 0.762 bits per heavy atom. The molecule has 0 radical (unpaired) electrons. The quantitative estimate of drug-likeness (QED) is 0.486. The minimum Gasteiger partial charge on any atom is -0.396 e. The minimum absolute atomic E-state index is 0. The molecule has 0 aromatic rings. The number of unbranched alkanes of at least 4 members (excludes halogenated alkanes) is 2. The molecule has 0 fully saturated rings. The summed E-state index contributed by atoms with van der Waals surface area (Å²) in [6.45, 7) is 8.92. The van der Waals surface area contributed by atoms with Gasteiger partial charge in [0.1, 0.15) is 0 Å². The van der Waals surface area contributed by atoms with Gasteiger partial charge >= 0.3 is 0 Å². The first-order valence-corrected chi connectivity index (χ1v) is 8.09. The van der Waals surface area contributed by atoms with Crippen molar-refractivity contribution in [1.29, 1.82) is 0 Å². The molecule has 5 heteroatoms. The van der Waals surface area contributed by atoms with Crippen molar-refractivity contribution in [1.82, 2.24) is 0 Å². The van der Waals surface area contributed by atoms with Gasteiger partial charge in [0.25, 0.3) is 0 Å². The molecule has 0 aromatic heterocycles. The fourth-order valence-corrected chi connectivity index (χ4v) is 1.37. The number of hydrogen-bond acceptors (Lipinski definition) is 4. The molecule has 0 saturated heterocycles. The SMILES string of the molecule is CCCC(O)C(CC)CO.CCCCO.CCCCO.[Ti]. The molecule has 4 N–H and O–H groups in total. The molecule has 0 rings (SSSR count). The van der Waals surface area contributed by atoms with Crippen LogP contribution in [-0.4, -0.2) is 46.4 Å². The van der Waals surface area contributed by atoms with E-state index in [4.69, 9.17) is 15.3 Å². The van der Waals surface area contributed by atoms with Crippen molar-refractivity contribution < 1.29 is 42.1 Å². The maximum Gasteiger partial charge on any atom is 0.0590 e. The van der Waals surface area contributed by atoms with Crippen LogP contribution in [0.15, 0.2) is 0 Å². The summed E-state index contributed by atoms with van der Waals surface area (Å²) in [5.41, 5.74) is 0. The largest absolute Gasteiger partial charge is 0.396 e. The van der Waals surface area contributed by atoms with E-state index in [-0.39, 0.29) is 40.3 Å². The van der Waals surface area contributed by atoms with Gasteiger partial charge in [0.2, 0.25) is 0 Å². The summed E-state index contributed by atoms with van der Waals surface area (Å²) >= 11 is 0. The Labute approximate surface area is 146 Å². The van der Waals surface area contributed by atoms with Gasteiger partial charge in [-0.25, -0.2) is 0 Å². The molecule has 4 nitrogen and oxygen atoms in total. The van der Waals surface area contributed by atoms with Crippen molar-refractivity contribution in [3.63, 3.8) is 0 Å². The van der Waals surface area contributed by atoms with E-state index in [1.165, 1.54) is 0 Å². The fourth-order valence-electron chi connectivity index (χ4n) is 1.37. The molecule has 0 heterocycles. The predicted molar refractivity (Wildman–Crippen MR) is 85.8 cm³/mol. The van der Waals surface area contributed by atoms with Crippen LogP contribution in [0, 0.1) is 5.92 Å². The molecule has 0 bridgehead atoms. The Bertz CT molecular complexity index is 134. The molecule has 0 aromatic carbocycles. The Kier molecular flexibility index (Phi) is 40.4. The van der Waals surface area contributed by atoms with Crippen LogP contribution in [0.4, 0.5) is 0 Å². The third kappa shape index (κ3) is 29.2. The van der Waals surface area contributed by atoms with E-state index < -0.39 is 0 Å². The molecule has 2 unspecified atom stereocenters. The third-order valence-corrected chi connectivity index (χ3v) is 2.91. The summed E-state index contributed by atoms with van der Waals surface area (Å²) in [7, 11) is 0. The van der Waals surface area contributed by atoms with Gasteiger partial charge in [0, 0.05) is 47.5 Å². The van der Waals surface area contributed by atoms with Crippen LogP contribution in [0.2, 0.25) is 0 Å². The van der Waals surface area contributed by atoms with Gasteiger partial charge in [0.05, 0.1) is 6.10 Å². The van der Waals surface area contributed by atoms with Gasteiger partial charge in [0.15, 0.2) is 0 Å². The Morgan fingerprint density at radius 2 is 1.19 bits per heavy atom. The summed E-state index contributed by atoms with van der Waals surface area (Å²) in [6, 6.07) is 0. The van der Waals surface area contributed by atoms with Crippen LogP contribution >= 0.6 is 0 Å². The van der Waals surface area contributed by atoms with E-state index in [0.717, 1.165) is 44.9 Å². The zero-order valence-corrected chi connectivity index (χ0v) is 16.1. The first-order valence-electron chi connectivity index (χ1n) is 8.09. The average molecular weight is 342 g/mol. The Morgan fingerprint density at radius 3 is 1.33 bits per heavy atom. The number of hydrogen-bond donors (Lipinski definition) is 4. The van der Waals surface area contributed by atoms with E-state index >= 15 is 0 Å². The maximum atomic E-state index is 9.35. The Balaban J connectivity index is -0.000000112. The minimum atomic E-state index is -0.306. The van der Waals surface area contributed by atoms with Crippen molar-refractivity contribution in [2.45, 2.75) is 78.7 Å². The molecule has 2 atom stereocenters. The summed E-state index contributed by atoms with van der Waals surface area (Å²) in [5, 5.41) is 34.2. The second-order valence-corrected chi connectivity index (χ2v) is 4.86. The number of aliphatic hydroxyl groups excluding tert-OH is 4. The summed E-state index contributed by atoms with van der Waals surface area (Å²) in [6.07, 6.45) is 6.42. The summed E-state index contributed by atoms with van der Waals surface area (Å²) in [5.74, 6) is 0.0833. The van der Waals surface area contributed by atoms with Crippen molar-refractivity contribution in [2.75, 3.05) is 19.8 Å². The van der Waals surface area contributed by atoms with E-state index in [1.807, 2.05) is 13.8 Å². The van der Waals surface area contributed by atoms with Crippen LogP contribution in [0.25, 0.3) is 0 Å². The monoisotopic (exact) mass is 342 g/mol. The molecule has 21 heavy (non-hydrogen) atoms. The zero-order valence-electron chi connectivity index (χ0n) is 14.5. The van der Waals surface area contributed by atoms with E-state index in [1.54, 1.807) is 0 Å². The van der Waals surface area contributed by atoms with Crippen LogP contribution < -0.4 is 0 Å². The van der Waals surface area contributed by atoms with E-state index in [0.29, 0.717) is 13.2 Å². The predicted octanol–water partition coefficient (Wildman–Crippen LogP) is 2.72. The molecule has 130 valence electrons. The van der Waals surface area contributed by atoms with E-state index in [9.17, 15) is 5.11 Å². The van der Waals surface area contributed by atoms with Crippen LogP contribution in [0.5, 0.6) is 0 Å². The van der Waals surface area contributed by atoms with Crippen molar-refractivity contribution in [3.8, 4) is 0 Å². The van der Waals surface area contributed by atoms with Crippen LogP contribution in [0.1, 0.15) is 72.6 Å². The second kappa shape index (κ2) is 28.7. The van der Waals surface area contributed by atoms with Crippen molar-refractivity contribution in [2.24, 2.45) is 5.92 Å². The first kappa shape index (κ1) is 29.6. The molecule has 0 aliphatic rings. The van der Waals surface area contributed by atoms with Gasteiger partial charge in [-0.15, -0.1) is 0 Å². The fraction of sp³-hybridized carbons (Fsp3) is 1.00. The topological polar surface area (TPSA) is 80.9 Å². The normalized spacial score (nSPS) is 12.0. The molecular formula is C16H38O4Ti. The van der Waals surface area contributed by atoms with Gasteiger partial charge in [-0.3, -0.25) is 0 Å². The average Bonchev–Trinajstić information content (AvgIpc) is 2.44. The third-order valence-electron chi connectivity index (χ3n) is 2.91. The molecule has 0 aliphatic carbocycles. The van der Waals surface area contributed by atoms with E-state index in [2.05, 4.69) is 13.8 Å². The van der Waals surface area contributed by atoms with Crippen LogP contribution in [-0.2, 0) is 21.7 Å². The second-order valence-electron chi connectivity index (χ2n) is 4.86. The van der Waals surface area contributed by atoms with Crippen molar-refractivity contribution >= 4 is 0 Å². The number of rotatable bonds is 9. The summed E-state index contributed by atoms with van der Waals surface area (Å²) < 4.78 is 0. The standard InChI is InChI=1S/C8H18O2.2C4H10O.Ti/c1-3-5-8(10)7(4-2)6-9;2*1-2-3-4-5;/h7-10H,3-6H2,1-2H3;2*5H,2-4H2,1H3;. The zero-order chi connectivity index (χ0) is 16.2. The smallest absolute Gasteiger partial charge is 0.0590 e.